The lowest BCUT2D eigenvalue weighted by Gasteiger charge is -2.03. The van der Waals surface area contributed by atoms with Crippen molar-refractivity contribution in [2.75, 3.05) is 0 Å². The molecular weight excluding hydrogens is 281 g/mol. The molecule has 0 N–H and O–H groups in total. The predicted octanol–water partition coefficient (Wildman–Crippen LogP) is 3.62. The topological polar surface area (TPSA) is 22.1 Å². The van der Waals surface area contributed by atoms with E-state index in [4.69, 9.17) is 4.74 Å². The number of hydrogen-bond acceptors (Lipinski definition) is 3. The molecule has 0 aliphatic heterocycles. The first-order valence-corrected chi connectivity index (χ1v) is 5.89. The molecule has 2 nitrogen and oxygen atoms in total. The largest absolute Gasteiger partial charge is 0.487 e. The molecule has 2 rings (SSSR count). The lowest BCUT2D eigenvalue weighted by atomic mass is 10.3. The standard InChI is InChI=1S/C10H7BrFNOS/c11-10-13-8(6-15-10)5-14-9-3-1-7(12)2-4-9/h1-4,6H,5H2. The second-order valence-electron chi connectivity index (χ2n) is 2.83. The molecule has 0 aliphatic rings. The van der Waals surface area contributed by atoms with E-state index in [1.54, 1.807) is 12.1 Å². The molecule has 0 atom stereocenters. The molecule has 0 spiro atoms. The van der Waals surface area contributed by atoms with Gasteiger partial charge in [0, 0.05) is 5.38 Å². The Kier molecular flexibility index (Phi) is 3.33. The van der Waals surface area contributed by atoms with E-state index >= 15 is 0 Å². The SMILES string of the molecule is Fc1ccc(OCc2csc(Br)n2)cc1. The van der Waals surface area contributed by atoms with Crippen molar-refractivity contribution in [2.24, 2.45) is 0 Å². The summed E-state index contributed by atoms with van der Waals surface area (Å²) in [6.45, 7) is 0.397. The van der Waals surface area contributed by atoms with Crippen LogP contribution in [0.5, 0.6) is 5.75 Å². The quantitative estimate of drug-likeness (QED) is 0.860. The third kappa shape index (κ3) is 3.00. The second-order valence-corrected chi connectivity index (χ2v) is 4.97. The highest BCUT2D eigenvalue weighted by Gasteiger charge is 2.00. The van der Waals surface area contributed by atoms with Crippen LogP contribution in [-0.4, -0.2) is 4.98 Å². The third-order valence-electron chi connectivity index (χ3n) is 1.72. The summed E-state index contributed by atoms with van der Waals surface area (Å²) in [5.41, 5.74) is 0.858. The van der Waals surface area contributed by atoms with Gasteiger partial charge in [-0.15, -0.1) is 11.3 Å². The molecule has 15 heavy (non-hydrogen) atoms. The summed E-state index contributed by atoms with van der Waals surface area (Å²) < 4.78 is 18.8. The van der Waals surface area contributed by atoms with Crippen LogP contribution in [0.25, 0.3) is 0 Å². The van der Waals surface area contributed by atoms with E-state index in [1.807, 2.05) is 5.38 Å². The van der Waals surface area contributed by atoms with Crippen LogP contribution in [-0.2, 0) is 6.61 Å². The van der Waals surface area contributed by atoms with Crippen LogP contribution in [0.15, 0.2) is 33.6 Å². The van der Waals surface area contributed by atoms with Crippen molar-refractivity contribution in [2.45, 2.75) is 6.61 Å². The summed E-state index contributed by atoms with van der Waals surface area (Å²) in [7, 11) is 0. The molecule has 1 heterocycles. The summed E-state index contributed by atoms with van der Waals surface area (Å²) in [4.78, 5) is 4.18. The Hall–Kier alpha value is -0.940. The van der Waals surface area contributed by atoms with E-state index in [-0.39, 0.29) is 5.82 Å². The molecule has 5 heteroatoms. The number of nitrogens with zero attached hydrogens (tertiary/aromatic N) is 1. The van der Waals surface area contributed by atoms with Gasteiger partial charge in [-0.1, -0.05) is 0 Å². The van der Waals surface area contributed by atoms with E-state index in [0.717, 1.165) is 9.61 Å². The molecule has 78 valence electrons. The zero-order valence-corrected chi connectivity index (χ0v) is 10.0. The van der Waals surface area contributed by atoms with Crippen molar-refractivity contribution in [3.63, 3.8) is 0 Å². The highest BCUT2D eigenvalue weighted by Crippen LogP contribution is 2.18. The predicted molar refractivity (Wildman–Crippen MR) is 60.5 cm³/mol. The fraction of sp³-hybridized carbons (Fsp3) is 0.100. The molecule has 1 aromatic carbocycles. The Balaban J connectivity index is 1.96. The van der Waals surface area contributed by atoms with Crippen molar-refractivity contribution in [3.05, 3.63) is 45.1 Å². The first kappa shape index (κ1) is 10.6. The molecule has 0 radical (unpaired) electrons. The number of ether oxygens (including phenoxy) is 1. The Morgan fingerprint density at radius 3 is 2.67 bits per heavy atom. The molecule has 0 amide bonds. The summed E-state index contributed by atoms with van der Waals surface area (Å²) in [6.07, 6.45) is 0. The summed E-state index contributed by atoms with van der Waals surface area (Å²) in [5.74, 6) is 0.374. The van der Waals surface area contributed by atoms with Crippen LogP contribution in [0.4, 0.5) is 4.39 Å². The smallest absolute Gasteiger partial charge is 0.159 e. The van der Waals surface area contributed by atoms with Crippen LogP contribution in [0, 0.1) is 5.82 Å². The Bertz CT molecular complexity index is 443. The van der Waals surface area contributed by atoms with Crippen molar-refractivity contribution < 1.29 is 9.13 Å². The minimum absolute atomic E-state index is 0.265. The van der Waals surface area contributed by atoms with Gasteiger partial charge in [-0.05, 0) is 40.2 Å². The molecule has 0 fully saturated rings. The molecular formula is C10H7BrFNOS. The molecule has 0 aliphatic carbocycles. The van der Waals surface area contributed by atoms with Gasteiger partial charge in [0.05, 0.1) is 5.69 Å². The summed E-state index contributed by atoms with van der Waals surface area (Å²) >= 11 is 4.78. The molecule has 0 saturated heterocycles. The zero-order valence-electron chi connectivity index (χ0n) is 7.61. The highest BCUT2D eigenvalue weighted by atomic mass is 79.9. The first-order chi connectivity index (χ1) is 7.24. The Labute approximate surface area is 98.9 Å². The highest BCUT2D eigenvalue weighted by molar-refractivity contribution is 9.11. The number of halogens is 2. The average Bonchev–Trinajstić information content (AvgIpc) is 2.64. The van der Waals surface area contributed by atoms with E-state index in [9.17, 15) is 4.39 Å². The van der Waals surface area contributed by atoms with Crippen LogP contribution >= 0.6 is 27.3 Å². The second kappa shape index (κ2) is 4.72. The summed E-state index contributed by atoms with van der Waals surface area (Å²) in [6, 6.07) is 5.92. The Morgan fingerprint density at radius 2 is 2.07 bits per heavy atom. The number of rotatable bonds is 3. The zero-order chi connectivity index (χ0) is 10.7. The van der Waals surface area contributed by atoms with Crippen molar-refractivity contribution in [1.29, 1.82) is 0 Å². The molecule has 2 aromatic rings. The summed E-state index contributed by atoms with van der Waals surface area (Å²) in [5, 5.41) is 1.91. The fourth-order valence-electron chi connectivity index (χ4n) is 1.04. The monoisotopic (exact) mass is 287 g/mol. The minimum atomic E-state index is -0.265. The van der Waals surface area contributed by atoms with Crippen LogP contribution in [0.1, 0.15) is 5.69 Å². The van der Waals surface area contributed by atoms with E-state index in [0.29, 0.717) is 12.4 Å². The van der Waals surface area contributed by atoms with Gasteiger partial charge in [0.15, 0.2) is 3.92 Å². The van der Waals surface area contributed by atoms with Gasteiger partial charge in [-0.3, -0.25) is 0 Å². The minimum Gasteiger partial charge on any atom is -0.487 e. The molecule has 0 unspecified atom stereocenters. The normalized spacial score (nSPS) is 10.3. The van der Waals surface area contributed by atoms with Gasteiger partial charge in [0.25, 0.3) is 0 Å². The fourth-order valence-corrected chi connectivity index (χ4v) is 2.07. The number of hydrogen-bond donors (Lipinski definition) is 0. The van der Waals surface area contributed by atoms with Crippen molar-refractivity contribution in [3.8, 4) is 5.75 Å². The third-order valence-corrected chi connectivity index (χ3v) is 3.14. The van der Waals surface area contributed by atoms with E-state index in [1.165, 1.54) is 23.5 Å². The maximum atomic E-state index is 12.6. The van der Waals surface area contributed by atoms with Gasteiger partial charge >= 0.3 is 0 Å². The van der Waals surface area contributed by atoms with Crippen molar-refractivity contribution in [1.82, 2.24) is 4.98 Å². The number of aromatic nitrogens is 1. The van der Waals surface area contributed by atoms with Crippen molar-refractivity contribution >= 4 is 27.3 Å². The van der Waals surface area contributed by atoms with E-state index in [2.05, 4.69) is 20.9 Å². The van der Waals surface area contributed by atoms with Gasteiger partial charge in [-0.2, -0.15) is 0 Å². The lowest BCUT2D eigenvalue weighted by Crippen LogP contribution is -1.95. The number of benzene rings is 1. The lowest BCUT2D eigenvalue weighted by molar-refractivity contribution is 0.301. The molecule has 0 bridgehead atoms. The van der Waals surface area contributed by atoms with E-state index < -0.39 is 0 Å². The van der Waals surface area contributed by atoms with Gasteiger partial charge in [-0.25, -0.2) is 9.37 Å². The Morgan fingerprint density at radius 1 is 1.33 bits per heavy atom. The van der Waals surface area contributed by atoms with Gasteiger partial charge in [0.2, 0.25) is 0 Å². The van der Waals surface area contributed by atoms with Crippen LogP contribution in [0.2, 0.25) is 0 Å². The maximum absolute atomic E-state index is 12.6. The average molecular weight is 288 g/mol. The molecule has 1 aromatic heterocycles. The van der Waals surface area contributed by atoms with Gasteiger partial charge in [0.1, 0.15) is 18.2 Å². The van der Waals surface area contributed by atoms with Crippen LogP contribution in [0.3, 0.4) is 0 Å². The maximum Gasteiger partial charge on any atom is 0.159 e. The van der Waals surface area contributed by atoms with Crippen LogP contribution < -0.4 is 4.74 Å². The number of thiazole rings is 1. The molecule has 0 saturated carbocycles. The van der Waals surface area contributed by atoms with Gasteiger partial charge < -0.3 is 4.74 Å². The first-order valence-electron chi connectivity index (χ1n) is 4.22.